The molecular weight excluding hydrogens is 284 g/mol. The molecule has 0 saturated carbocycles. The number of aromatic nitrogens is 1. The van der Waals surface area contributed by atoms with E-state index in [1.165, 1.54) is 12.1 Å². The van der Waals surface area contributed by atoms with Crippen LogP contribution in [0.3, 0.4) is 0 Å². The summed E-state index contributed by atoms with van der Waals surface area (Å²) in [5.74, 6) is 0.0942. The van der Waals surface area contributed by atoms with Gasteiger partial charge in [0.15, 0.2) is 0 Å². The lowest BCUT2D eigenvalue weighted by Gasteiger charge is -2.11. The molecule has 0 bridgehead atoms. The lowest BCUT2D eigenvalue weighted by Crippen LogP contribution is -2.13. The first-order valence-corrected chi connectivity index (χ1v) is 6.08. The fraction of sp³-hybridized carbons (Fsp3) is 0.154. The van der Waals surface area contributed by atoms with Gasteiger partial charge in [0.25, 0.3) is 0 Å². The Hall–Kier alpha value is -2.06. The molecule has 4 nitrogen and oxygen atoms in total. The van der Waals surface area contributed by atoms with Gasteiger partial charge in [-0.3, -0.25) is 0 Å². The summed E-state index contributed by atoms with van der Waals surface area (Å²) in [6, 6.07) is 8.60. The minimum absolute atomic E-state index is 0.0569. The van der Waals surface area contributed by atoms with Gasteiger partial charge in [0, 0.05) is 12.6 Å². The van der Waals surface area contributed by atoms with Crippen LogP contribution in [-0.2, 0) is 12.7 Å². The van der Waals surface area contributed by atoms with E-state index in [0.717, 1.165) is 6.07 Å². The zero-order valence-corrected chi connectivity index (χ0v) is 10.9. The summed E-state index contributed by atoms with van der Waals surface area (Å²) in [4.78, 5) is 3.44. The summed E-state index contributed by atoms with van der Waals surface area (Å²) in [6.07, 6.45) is -4.57. The molecule has 2 rings (SSSR count). The first kappa shape index (κ1) is 15.3. The number of hydrogen-bond donors (Lipinski definition) is 2. The van der Waals surface area contributed by atoms with E-state index >= 15 is 0 Å². The molecule has 0 spiro atoms. The van der Waals surface area contributed by atoms with Crippen molar-refractivity contribution in [3.05, 3.63) is 47.7 Å². The minimum Gasteiger partial charge on any atom is -0.449 e. The molecule has 0 radical (unpaired) electrons. The van der Waals surface area contributed by atoms with Crippen molar-refractivity contribution in [3.8, 4) is 11.6 Å². The highest BCUT2D eigenvalue weighted by molar-refractivity contribution is 6.45. The van der Waals surface area contributed by atoms with Crippen LogP contribution in [0.2, 0.25) is 0 Å². The van der Waals surface area contributed by atoms with Crippen molar-refractivity contribution in [1.29, 1.82) is 0 Å². The van der Waals surface area contributed by atoms with Gasteiger partial charge in [-0.2, -0.15) is 13.2 Å². The van der Waals surface area contributed by atoms with Crippen LogP contribution in [0.4, 0.5) is 13.2 Å². The van der Waals surface area contributed by atoms with E-state index in [9.17, 15) is 13.2 Å². The number of nitrogens with two attached hydrogens (primary N) is 1. The van der Waals surface area contributed by atoms with Crippen LogP contribution in [-0.4, -0.2) is 17.5 Å². The third-order valence-electron chi connectivity index (χ3n) is 2.69. The quantitative estimate of drug-likeness (QED) is 0.835. The number of alkyl halides is 3. The summed E-state index contributed by atoms with van der Waals surface area (Å²) in [5, 5.41) is 9.02. The van der Waals surface area contributed by atoms with Crippen molar-refractivity contribution in [1.82, 2.24) is 4.98 Å². The molecule has 0 saturated heterocycles. The van der Waals surface area contributed by atoms with Crippen LogP contribution in [0.1, 0.15) is 11.3 Å². The molecule has 0 atom stereocenters. The van der Waals surface area contributed by atoms with E-state index in [1.807, 2.05) is 0 Å². The van der Waals surface area contributed by atoms with Gasteiger partial charge in [-0.1, -0.05) is 12.1 Å². The number of nitrogens with zero attached hydrogens (tertiary/aromatic N) is 1. The molecule has 110 valence electrons. The van der Waals surface area contributed by atoms with Crippen LogP contribution in [0, 0.1) is 0 Å². The number of ether oxygens (including phenoxy) is 1. The Morgan fingerprint density at radius 1 is 1.24 bits per heavy atom. The van der Waals surface area contributed by atoms with Crippen LogP contribution in [0.15, 0.2) is 36.4 Å². The first-order chi connectivity index (χ1) is 9.92. The Morgan fingerprint density at radius 2 is 2.00 bits per heavy atom. The second kappa shape index (κ2) is 6.15. The van der Waals surface area contributed by atoms with E-state index in [1.54, 1.807) is 18.2 Å². The molecule has 0 fully saturated rings. The van der Waals surface area contributed by atoms with Crippen molar-refractivity contribution < 1.29 is 22.9 Å². The van der Waals surface area contributed by atoms with Gasteiger partial charge in [0.1, 0.15) is 11.4 Å². The number of halogens is 3. The van der Waals surface area contributed by atoms with Gasteiger partial charge < -0.3 is 15.5 Å². The molecule has 0 aliphatic rings. The second-order valence-corrected chi connectivity index (χ2v) is 4.31. The van der Waals surface area contributed by atoms with Crippen molar-refractivity contribution in [3.63, 3.8) is 0 Å². The largest absolute Gasteiger partial charge is 0.449 e. The highest BCUT2D eigenvalue weighted by Crippen LogP contribution is 2.31. The van der Waals surface area contributed by atoms with Crippen molar-refractivity contribution in [2.45, 2.75) is 12.7 Å². The van der Waals surface area contributed by atoms with Crippen LogP contribution in [0.25, 0.3) is 0 Å². The molecule has 0 aliphatic heterocycles. The van der Waals surface area contributed by atoms with Crippen molar-refractivity contribution in [2.75, 3.05) is 0 Å². The zero-order chi connectivity index (χ0) is 15.5. The number of benzene rings is 1. The molecule has 8 heteroatoms. The standard InChI is InChI=1S/C13H12BF3N2O2/c15-13(16,17)11-4-8(7-18)5-12(19-11)21-10-3-1-2-9(6-10)14-20/h1-6,14,20H,7,18H2. The second-order valence-electron chi connectivity index (χ2n) is 4.31. The SMILES string of the molecule is NCc1cc(Oc2cccc(BO)c2)nc(C(F)(F)F)c1. The highest BCUT2D eigenvalue weighted by Gasteiger charge is 2.33. The Bertz CT molecular complexity index is 635. The molecule has 1 heterocycles. The molecule has 0 aliphatic carbocycles. The Balaban J connectivity index is 2.34. The smallest absolute Gasteiger partial charge is 0.433 e. The summed E-state index contributed by atoms with van der Waals surface area (Å²) in [5.41, 5.74) is 5.18. The molecule has 1 aromatic carbocycles. The van der Waals surface area contributed by atoms with Gasteiger partial charge in [-0.25, -0.2) is 4.98 Å². The van der Waals surface area contributed by atoms with Crippen LogP contribution < -0.4 is 15.9 Å². The summed E-state index contributed by atoms with van der Waals surface area (Å²) < 4.78 is 43.6. The zero-order valence-electron chi connectivity index (χ0n) is 10.9. The van der Waals surface area contributed by atoms with Crippen molar-refractivity contribution >= 4 is 12.9 Å². The first-order valence-electron chi connectivity index (χ1n) is 6.08. The molecule has 3 N–H and O–H groups in total. The van der Waals surface area contributed by atoms with E-state index in [2.05, 4.69) is 4.98 Å². The number of pyridine rings is 1. The van der Waals surface area contributed by atoms with Gasteiger partial charge in [-0.15, -0.1) is 0 Å². The van der Waals surface area contributed by atoms with Crippen LogP contribution >= 0.6 is 0 Å². The Labute approximate surface area is 119 Å². The minimum atomic E-state index is -4.57. The Morgan fingerprint density at radius 3 is 2.62 bits per heavy atom. The van der Waals surface area contributed by atoms with E-state index in [-0.39, 0.29) is 31.2 Å². The number of hydrogen-bond acceptors (Lipinski definition) is 4. The fourth-order valence-corrected chi connectivity index (χ4v) is 1.70. The fourth-order valence-electron chi connectivity index (χ4n) is 1.70. The molecule has 0 amide bonds. The summed E-state index contributed by atoms with van der Waals surface area (Å²) in [7, 11) is -0.193. The van der Waals surface area contributed by atoms with Crippen molar-refractivity contribution in [2.24, 2.45) is 5.73 Å². The normalized spacial score (nSPS) is 11.3. The van der Waals surface area contributed by atoms with E-state index < -0.39 is 11.9 Å². The molecular formula is C13H12BF3N2O2. The number of rotatable bonds is 4. The molecule has 2 aromatic rings. The van der Waals surface area contributed by atoms with E-state index in [4.69, 9.17) is 15.5 Å². The average molecular weight is 296 g/mol. The summed E-state index contributed by atoms with van der Waals surface area (Å²) in [6.45, 7) is -0.0569. The van der Waals surface area contributed by atoms with Crippen LogP contribution in [0.5, 0.6) is 11.6 Å². The predicted molar refractivity (Wildman–Crippen MR) is 72.6 cm³/mol. The maximum Gasteiger partial charge on any atom is 0.433 e. The van der Waals surface area contributed by atoms with E-state index in [0.29, 0.717) is 5.46 Å². The van der Waals surface area contributed by atoms with Gasteiger partial charge >= 0.3 is 13.7 Å². The lowest BCUT2D eigenvalue weighted by molar-refractivity contribution is -0.141. The monoisotopic (exact) mass is 296 g/mol. The maximum atomic E-state index is 12.7. The highest BCUT2D eigenvalue weighted by atomic mass is 19.4. The third-order valence-corrected chi connectivity index (χ3v) is 2.69. The molecule has 21 heavy (non-hydrogen) atoms. The average Bonchev–Trinajstić information content (AvgIpc) is 2.46. The van der Waals surface area contributed by atoms with Gasteiger partial charge in [0.2, 0.25) is 5.88 Å². The molecule has 0 unspecified atom stereocenters. The van der Waals surface area contributed by atoms with Gasteiger partial charge in [-0.05, 0) is 29.2 Å². The topological polar surface area (TPSA) is 68.4 Å². The predicted octanol–water partition coefficient (Wildman–Crippen LogP) is 1.32. The van der Waals surface area contributed by atoms with Gasteiger partial charge in [0.05, 0.1) is 0 Å². The Kier molecular flexibility index (Phi) is 4.49. The summed E-state index contributed by atoms with van der Waals surface area (Å²) >= 11 is 0. The maximum absolute atomic E-state index is 12.7. The molecule has 1 aromatic heterocycles. The third kappa shape index (κ3) is 3.96. The lowest BCUT2D eigenvalue weighted by atomic mass is 9.89.